The number of halogens is 1. The maximum absolute atomic E-state index is 12.2. The summed E-state index contributed by atoms with van der Waals surface area (Å²) in [6, 6.07) is 14.8. The fourth-order valence-electron chi connectivity index (χ4n) is 2.04. The molecule has 2 aromatic rings. The molecular weight excluding hydrogens is 370 g/mol. The van der Waals surface area contributed by atoms with Crippen molar-refractivity contribution in [1.29, 1.82) is 0 Å². The molecule has 0 aliphatic carbocycles. The van der Waals surface area contributed by atoms with Crippen LogP contribution in [0.1, 0.15) is 18.9 Å². The molecule has 0 heterocycles. The predicted octanol–water partition coefficient (Wildman–Crippen LogP) is 3.80. The van der Waals surface area contributed by atoms with Gasteiger partial charge in [-0.1, -0.05) is 22.9 Å². The van der Waals surface area contributed by atoms with E-state index in [1.807, 2.05) is 55.5 Å². The van der Waals surface area contributed by atoms with Gasteiger partial charge in [0.1, 0.15) is 11.8 Å². The Morgan fingerprint density at radius 2 is 1.88 bits per heavy atom. The minimum Gasteiger partial charge on any atom is -0.497 e. The van der Waals surface area contributed by atoms with E-state index >= 15 is 0 Å². The Bertz CT molecular complexity index is 684. The molecule has 1 amide bonds. The second-order valence-electron chi connectivity index (χ2n) is 5.12. The number of benzene rings is 2. The van der Waals surface area contributed by atoms with E-state index in [-0.39, 0.29) is 11.9 Å². The number of ether oxygens (including phenoxy) is 1. The van der Waals surface area contributed by atoms with Gasteiger partial charge in [-0.05, 0) is 60.5 Å². The highest BCUT2D eigenvalue weighted by atomic mass is 79.9. The average Bonchev–Trinajstić information content (AvgIpc) is 2.61. The van der Waals surface area contributed by atoms with Crippen LogP contribution in [0.15, 0.2) is 58.1 Å². The van der Waals surface area contributed by atoms with E-state index in [1.54, 1.807) is 13.3 Å². The molecule has 0 saturated carbocycles. The first-order valence-electron chi connectivity index (χ1n) is 7.61. The molecule has 5 nitrogen and oxygen atoms in total. The summed E-state index contributed by atoms with van der Waals surface area (Å²) in [6.07, 6.45) is 2.25. The maximum Gasteiger partial charge on any atom is 0.262 e. The molecule has 126 valence electrons. The first-order valence-corrected chi connectivity index (χ1v) is 8.40. The number of anilines is 1. The second kappa shape index (κ2) is 9.08. The molecule has 0 saturated heterocycles. The molecule has 2 aromatic carbocycles. The lowest BCUT2D eigenvalue weighted by Gasteiger charge is -2.16. The van der Waals surface area contributed by atoms with Crippen molar-refractivity contribution in [1.82, 2.24) is 5.43 Å². The highest BCUT2D eigenvalue weighted by Gasteiger charge is 2.15. The Morgan fingerprint density at radius 1 is 1.21 bits per heavy atom. The topological polar surface area (TPSA) is 62.7 Å². The maximum atomic E-state index is 12.2. The zero-order chi connectivity index (χ0) is 17.4. The third-order valence-corrected chi connectivity index (χ3v) is 3.94. The van der Waals surface area contributed by atoms with Gasteiger partial charge in [0.2, 0.25) is 0 Å². The van der Waals surface area contributed by atoms with Crippen molar-refractivity contribution < 1.29 is 9.53 Å². The van der Waals surface area contributed by atoms with Crippen LogP contribution in [-0.4, -0.2) is 25.3 Å². The Hall–Kier alpha value is -2.34. The van der Waals surface area contributed by atoms with Crippen LogP contribution in [0.25, 0.3) is 0 Å². The summed E-state index contributed by atoms with van der Waals surface area (Å²) in [7, 11) is 1.62. The van der Waals surface area contributed by atoms with E-state index in [0.717, 1.165) is 21.5 Å². The Balaban J connectivity index is 1.90. The van der Waals surface area contributed by atoms with Gasteiger partial charge in [-0.25, -0.2) is 5.43 Å². The number of hydrogen-bond acceptors (Lipinski definition) is 4. The molecule has 0 bridgehead atoms. The van der Waals surface area contributed by atoms with E-state index in [9.17, 15) is 4.79 Å². The molecule has 0 aliphatic rings. The number of rotatable bonds is 7. The Morgan fingerprint density at radius 3 is 2.46 bits per heavy atom. The molecule has 0 radical (unpaired) electrons. The van der Waals surface area contributed by atoms with Crippen molar-refractivity contribution in [2.45, 2.75) is 19.4 Å². The smallest absolute Gasteiger partial charge is 0.262 e. The van der Waals surface area contributed by atoms with Gasteiger partial charge in [0.25, 0.3) is 5.91 Å². The average molecular weight is 390 g/mol. The van der Waals surface area contributed by atoms with Crippen molar-refractivity contribution in [3.05, 3.63) is 58.6 Å². The molecule has 0 unspecified atom stereocenters. The number of hydrogen-bond donors (Lipinski definition) is 2. The van der Waals surface area contributed by atoms with Crippen LogP contribution >= 0.6 is 15.9 Å². The standard InChI is InChI=1S/C18H20BrN3O2/c1-3-17(21-15-8-6-14(19)7-9-15)18(23)22-20-12-13-4-10-16(24-2)11-5-13/h4-12,17,21H,3H2,1-2H3,(H,22,23)/b20-12-/t17-/m0/s1. The van der Waals surface area contributed by atoms with Gasteiger partial charge < -0.3 is 10.1 Å². The lowest BCUT2D eigenvalue weighted by atomic mass is 10.2. The Labute approximate surface area is 150 Å². The summed E-state index contributed by atoms with van der Waals surface area (Å²) in [6.45, 7) is 1.95. The normalized spacial score (nSPS) is 12.0. The fraction of sp³-hybridized carbons (Fsp3) is 0.222. The molecule has 2 N–H and O–H groups in total. The number of hydrazone groups is 1. The quantitative estimate of drug-likeness (QED) is 0.559. The monoisotopic (exact) mass is 389 g/mol. The van der Waals surface area contributed by atoms with Crippen LogP contribution in [0, 0.1) is 0 Å². The predicted molar refractivity (Wildman–Crippen MR) is 101 cm³/mol. The van der Waals surface area contributed by atoms with Crippen molar-refractivity contribution in [3.63, 3.8) is 0 Å². The van der Waals surface area contributed by atoms with E-state index < -0.39 is 0 Å². The van der Waals surface area contributed by atoms with Gasteiger partial charge in [0.05, 0.1) is 13.3 Å². The Kier molecular flexibility index (Phi) is 6.81. The van der Waals surface area contributed by atoms with Crippen molar-refractivity contribution in [2.75, 3.05) is 12.4 Å². The summed E-state index contributed by atoms with van der Waals surface area (Å²) >= 11 is 3.39. The van der Waals surface area contributed by atoms with Crippen LogP contribution in [-0.2, 0) is 4.79 Å². The van der Waals surface area contributed by atoms with Gasteiger partial charge in [-0.3, -0.25) is 4.79 Å². The van der Waals surface area contributed by atoms with E-state index in [0.29, 0.717) is 6.42 Å². The number of nitrogens with zero attached hydrogens (tertiary/aromatic N) is 1. The summed E-state index contributed by atoms with van der Waals surface area (Å²) in [5.74, 6) is 0.603. The molecule has 0 aliphatic heterocycles. The molecule has 6 heteroatoms. The molecule has 0 spiro atoms. The van der Waals surface area contributed by atoms with Gasteiger partial charge in [-0.15, -0.1) is 0 Å². The van der Waals surface area contributed by atoms with Crippen LogP contribution in [0.5, 0.6) is 5.75 Å². The molecule has 1 atom stereocenters. The largest absolute Gasteiger partial charge is 0.497 e. The third-order valence-electron chi connectivity index (χ3n) is 3.41. The first-order chi connectivity index (χ1) is 11.6. The summed E-state index contributed by atoms with van der Waals surface area (Å²) < 4.78 is 6.09. The number of carbonyl (C=O) groups excluding carboxylic acids is 1. The highest BCUT2D eigenvalue weighted by molar-refractivity contribution is 9.10. The van der Waals surface area contributed by atoms with E-state index in [1.165, 1.54) is 0 Å². The van der Waals surface area contributed by atoms with Gasteiger partial charge in [0, 0.05) is 10.2 Å². The number of amides is 1. The molecule has 24 heavy (non-hydrogen) atoms. The highest BCUT2D eigenvalue weighted by Crippen LogP contribution is 2.15. The third kappa shape index (κ3) is 5.38. The van der Waals surface area contributed by atoms with Gasteiger partial charge >= 0.3 is 0 Å². The fourth-order valence-corrected chi connectivity index (χ4v) is 2.30. The summed E-state index contributed by atoms with van der Waals surface area (Å²) in [4.78, 5) is 12.2. The van der Waals surface area contributed by atoms with Gasteiger partial charge in [-0.2, -0.15) is 5.10 Å². The van der Waals surface area contributed by atoms with Crippen molar-refractivity contribution in [3.8, 4) is 5.75 Å². The number of carbonyl (C=O) groups is 1. The van der Waals surface area contributed by atoms with Crippen molar-refractivity contribution >= 4 is 33.7 Å². The summed E-state index contributed by atoms with van der Waals surface area (Å²) in [5, 5.41) is 7.20. The first kappa shape index (κ1) is 18.0. The molecule has 0 fully saturated rings. The molecule has 2 rings (SSSR count). The van der Waals surface area contributed by atoms with Crippen LogP contribution in [0.3, 0.4) is 0 Å². The molecular formula is C18H20BrN3O2. The minimum absolute atomic E-state index is 0.176. The zero-order valence-corrected chi connectivity index (χ0v) is 15.2. The lowest BCUT2D eigenvalue weighted by Crippen LogP contribution is -2.36. The van der Waals surface area contributed by atoms with Crippen molar-refractivity contribution in [2.24, 2.45) is 5.10 Å². The minimum atomic E-state index is -0.348. The SMILES string of the molecule is CC[C@H](Nc1ccc(Br)cc1)C(=O)N/N=C\c1ccc(OC)cc1. The second-order valence-corrected chi connectivity index (χ2v) is 6.04. The summed E-state index contributed by atoms with van der Waals surface area (Å²) in [5.41, 5.74) is 4.34. The number of nitrogens with one attached hydrogen (secondary N) is 2. The number of methoxy groups -OCH3 is 1. The van der Waals surface area contributed by atoms with Crippen LogP contribution in [0.4, 0.5) is 5.69 Å². The van der Waals surface area contributed by atoms with Gasteiger partial charge in [0.15, 0.2) is 0 Å². The zero-order valence-electron chi connectivity index (χ0n) is 13.6. The molecule has 0 aromatic heterocycles. The van der Waals surface area contributed by atoms with E-state index in [4.69, 9.17) is 4.74 Å². The van der Waals surface area contributed by atoms with E-state index in [2.05, 4.69) is 31.8 Å². The lowest BCUT2D eigenvalue weighted by molar-refractivity contribution is -0.121. The van der Waals surface area contributed by atoms with Crippen LogP contribution in [0.2, 0.25) is 0 Å². The van der Waals surface area contributed by atoms with Crippen LogP contribution < -0.4 is 15.5 Å².